The van der Waals surface area contributed by atoms with Gasteiger partial charge in [0.2, 0.25) is 11.9 Å². The molecule has 104 valence electrons. The van der Waals surface area contributed by atoms with E-state index in [0.717, 1.165) is 29.5 Å². The first-order valence-electron chi connectivity index (χ1n) is 6.40. The molecule has 0 amide bonds. The number of rotatable bonds is 3. The molecule has 20 heavy (non-hydrogen) atoms. The molecule has 3 rings (SSSR count). The molecule has 1 saturated heterocycles. The number of ether oxygens (including phenoxy) is 1. The van der Waals surface area contributed by atoms with E-state index in [4.69, 9.17) is 10.5 Å². The van der Waals surface area contributed by atoms with Crippen LogP contribution in [0.15, 0.2) is 24.3 Å². The molecular formula is C13H14IN5O. The van der Waals surface area contributed by atoms with Gasteiger partial charge in [-0.05, 0) is 59.7 Å². The lowest BCUT2D eigenvalue weighted by Crippen LogP contribution is -2.21. The maximum Gasteiger partial charge on any atom is 0.328 e. The fourth-order valence-electron chi connectivity index (χ4n) is 2.07. The number of hydrogen-bond donors (Lipinski definition) is 1. The maximum atomic E-state index is 5.73. The third kappa shape index (κ3) is 3.09. The summed E-state index contributed by atoms with van der Waals surface area (Å²) in [5.41, 5.74) is 5.73. The highest BCUT2D eigenvalue weighted by atomic mass is 127. The third-order valence-electron chi connectivity index (χ3n) is 3.03. The molecule has 0 unspecified atom stereocenters. The van der Waals surface area contributed by atoms with E-state index in [1.54, 1.807) is 0 Å². The van der Waals surface area contributed by atoms with Crippen molar-refractivity contribution in [3.8, 4) is 11.8 Å². The molecule has 7 heteroatoms. The Morgan fingerprint density at radius 2 is 1.75 bits per heavy atom. The topological polar surface area (TPSA) is 77.2 Å². The molecule has 6 nitrogen and oxygen atoms in total. The minimum atomic E-state index is 0.183. The quantitative estimate of drug-likeness (QED) is 0.821. The van der Waals surface area contributed by atoms with Gasteiger partial charge in [-0.15, -0.1) is 0 Å². The van der Waals surface area contributed by atoms with Crippen LogP contribution >= 0.6 is 22.6 Å². The fourth-order valence-corrected chi connectivity index (χ4v) is 2.43. The Labute approximate surface area is 130 Å². The molecule has 0 radical (unpaired) electrons. The van der Waals surface area contributed by atoms with Gasteiger partial charge < -0.3 is 15.4 Å². The van der Waals surface area contributed by atoms with Crippen LogP contribution in [0.4, 0.5) is 11.9 Å². The largest absolute Gasteiger partial charge is 0.424 e. The molecule has 0 saturated carbocycles. The van der Waals surface area contributed by atoms with Crippen molar-refractivity contribution < 1.29 is 4.74 Å². The van der Waals surface area contributed by atoms with Gasteiger partial charge in [-0.1, -0.05) is 0 Å². The number of nitrogen functional groups attached to an aromatic ring is 1. The lowest BCUT2D eigenvalue weighted by atomic mass is 10.3. The van der Waals surface area contributed by atoms with Gasteiger partial charge >= 0.3 is 6.01 Å². The van der Waals surface area contributed by atoms with Crippen LogP contribution in [0.3, 0.4) is 0 Å². The van der Waals surface area contributed by atoms with Crippen LogP contribution in [-0.2, 0) is 0 Å². The first-order valence-corrected chi connectivity index (χ1v) is 7.48. The Kier molecular flexibility index (Phi) is 3.86. The lowest BCUT2D eigenvalue weighted by molar-refractivity contribution is 0.440. The molecule has 0 aliphatic carbocycles. The van der Waals surface area contributed by atoms with Gasteiger partial charge in [0.25, 0.3) is 0 Å². The lowest BCUT2D eigenvalue weighted by Gasteiger charge is -2.15. The Hall–Kier alpha value is -1.64. The number of halogens is 1. The number of benzene rings is 1. The summed E-state index contributed by atoms with van der Waals surface area (Å²) in [7, 11) is 0. The number of anilines is 2. The molecule has 0 spiro atoms. The molecule has 1 aromatic carbocycles. The highest BCUT2D eigenvalue weighted by Gasteiger charge is 2.17. The zero-order chi connectivity index (χ0) is 13.9. The van der Waals surface area contributed by atoms with Crippen LogP contribution in [0.2, 0.25) is 0 Å². The SMILES string of the molecule is Nc1nc(Oc2ccc(I)cc2)nc(N2CCCC2)n1. The Morgan fingerprint density at radius 1 is 1.05 bits per heavy atom. The first-order chi connectivity index (χ1) is 9.70. The summed E-state index contributed by atoms with van der Waals surface area (Å²) in [6.07, 6.45) is 2.30. The van der Waals surface area contributed by atoms with E-state index >= 15 is 0 Å². The van der Waals surface area contributed by atoms with Gasteiger partial charge in [-0.2, -0.15) is 15.0 Å². The minimum Gasteiger partial charge on any atom is -0.424 e. The maximum absolute atomic E-state index is 5.73. The molecular weight excluding hydrogens is 369 g/mol. The summed E-state index contributed by atoms with van der Waals surface area (Å²) >= 11 is 2.24. The monoisotopic (exact) mass is 383 g/mol. The van der Waals surface area contributed by atoms with Gasteiger partial charge in [-0.25, -0.2) is 0 Å². The van der Waals surface area contributed by atoms with Crippen molar-refractivity contribution >= 4 is 34.5 Å². The van der Waals surface area contributed by atoms with Gasteiger partial charge in [0.15, 0.2) is 0 Å². The summed E-state index contributed by atoms with van der Waals surface area (Å²) in [4.78, 5) is 14.6. The van der Waals surface area contributed by atoms with E-state index in [1.165, 1.54) is 0 Å². The van der Waals surface area contributed by atoms with Crippen molar-refractivity contribution in [1.82, 2.24) is 15.0 Å². The Morgan fingerprint density at radius 3 is 2.45 bits per heavy atom. The van der Waals surface area contributed by atoms with Gasteiger partial charge in [0.05, 0.1) is 0 Å². The van der Waals surface area contributed by atoms with Crippen molar-refractivity contribution in [3.05, 3.63) is 27.8 Å². The number of aromatic nitrogens is 3. The van der Waals surface area contributed by atoms with Crippen LogP contribution in [0.5, 0.6) is 11.8 Å². The summed E-state index contributed by atoms with van der Waals surface area (Å²) in [5.74, 6) is 1.46. The molecule has 1 aromatic heterocycles. The zero-order valence-electron chi connectivity index (χ0n) is 10.8. The van der Waals surface area contributed by atoms with Crippen LogP contribution in [0, 0.1) is 3.57 Å². The summed E-state index contributed by atoms with van der Waals surface area (Å²) in [6.45, 7) is 1.90. The molecule has 0 atom stereocenters. The predicted octanol–water partition coefficient (Wildman–Crippen LogP) is 2.45. The Balaban J connectivity index is 1.83. The fraction of sp³-hybridized carbons (Fsp3) is 0.308. The normalized spacial score (nSPS) is 14.6. The second-order valence-corrected chi connectivity index (χ2v) is 5.77. The smallest absolute Gasteiger partial charge is 0.328 e. The molecule has 2 N–H and O–H groups in total. The van der Waals surface area contributed by atoms with Gasteiger partial charge in [0, 0.05) is 16.7 Å². The van der Waals surface area contributed by atoms with E-state index in [2.05, 4.69) is 42.4 Å². The number of hydrogen-bond acceptors (Lipinski definition) is 6. The van der Waals surface area contributed by atoms with Gasteiger partial charge in [0.1, 0.15) is 5.75 Å². The standard InChI is InChI=1S/C13H14IN5O/c14-9-3-5-10(6-4-9)20-13-17-11(15)16-12(18-13)19-7-1-2-8-19/h3-6H,1-2,7-8H2,(H2,15,16,17,18). The summed E-state index contributed by atoms with van der Waals surface area (Å²) < 4.78 is 6.78. The highest BCUT2D eigenvalue weighted by Crippen LogP contribution is 2.23. The average molecular weight is 383 g/mol. The Bertz CT molecular complexity index is 598. The molecule has 1 aliphatic heterocycles. The van der Waals surface area contributed by atoms with Gasteiger partial charge in [-0.3, -0.25) is 0 Å². The average Bonchev–Trinajstić information content (AvgIpc) is 2.95. The second kappa shape index (κ2) is 5.78. The zero-order valence-corrected chi connectivity index (χ0v) is 12.9. The van der Waals surface area contributed by atoms with Crippen LogP contribution in [0.25, 0.3) is 0 Å². The van der Waals surface area contributed by atoms with E-state index in [0.29, 0.717) is 11.7 Å². The molecule has 2 aromatic rings. The number of nitrogens with zero attached hydrogens (tertiary/aromatic N) is 4. The first kappa shape index (κ1) is 13.3. The predicted molar refractivity (Wildman–Crippen MR) is 84.9 cm³/mol. The van der Waals surface area contributed by atoms with E-state index in [-0.39, 0.29) is 12.0 Å². The van der Waals surface area contributed by atoms with Crippen molar-refractivity contribution in [1.29, 1.82) is 0 Å². The highest BCUT2D eigenvalue weighted by molar-refractivity contribution is 14.1. The van der Waals surface area contributed by atoms with Crippen molar-refractivity contribution in [2.24, 2.45) is 0 Å². The van der Waals surface area contributed by atoms with Crippen LogP contribution in [0.1, 0.15) is 12.8 Å². The minimum absolute atomic E-state index is 0.183. The van der Waals surface area contributed by atoms with Crippen LogP contribution in [-0.4, -0.2) is 28.0 Å². The second-order valence-electron chi connectivity index (χ2n) is 4.53. The summed E-state index contributed by atoms with van der Waals surface area (Å²) in [6, 6.07) is 7.90. The van der Waals surface area contributed by atoms with E-state index in [1.807, 2.05) is 24.3 Å². The number of nitrogens with two attached hydrogens (primary N) is 1. The van der Waals surface area contributed by atoms with Crippen molar-refractivity contribution in [3.63, 3.8) is 0 Å². The molecule has 1 aliphatic rings. The summed E-state index contributed by atoms with van der Waals surface area (Å²) in [5, 5.41) is 0. The third-order valence-corrected chi connectivity index (χ3v) is 3.75. The molecule has 2 heterocycles. The van der Waals surface area contributed by atoms with E-state index in [9.17, 15) is 0 Å². The van der Waals surface area contributed by atoms with Crippen molar-refractivity contribution in [2.45, 2.75) is 12.8 Å². The van der Waals surface area contributed by atoms with E-state index < -0.39 is 0 Å². The molecule has 1 fully saturated rings. The van der Waals surface area contributed by atoms with Crippen LogP contribution < -0.4 is 15.4 Å². The van der Waals surface area contributed by atoms with Crippen molar-refractivity contribution in [2.75, 3.05) is 23.7 Å². The molecule has 0 bridgehead atoms.